The van der Waals surface area contributed by atoms with Gasteiger partial charge in [-0.2, -0.15) is 0 Å². The van der Waals surface area contributed by atoms with Crippen molar-refractivity contribution in [3.05, 3.63) is 34.9 Å². The number of aliphatic carboxylic acids is 1. The highest BCUT2D eigenvalue weighted by molar-refractivity contribution is 7.80. The van der Waals surface area contributed by atoms with E-state index >= 15 is 0 Å². The molecule has 1 atom stereocenters. The SMILES string of the molecule is CC[C@H](NC(=S)NC(=O)c1ccc(Cl)cc1)C(=O)[O-]. The van der Waals surface area contributed by atoms with E-state index in [1.807, 2.05) is 0 Å². The Kier molecular flexibility index (Phi) is 5.72. The molecule has 0 unspecified atom stereocenters. The van der Waals surface area contributed by atoms with Gasteiger partial charge in [-0.25, -0.2) is 0 Å². The summed E-state index contributed by atoms with van der Waals surface area (Å²) in [7, 11) is 0. The van der Waals surface area contributed by atoms with E-state index in [4.69, 9.17) is 23.8 Å². The number of rotatable bonds is 4. The Morgan fingerprint density at radius 1 is 1.37 bits per heavy atom. The fraction of sp³-hybridized carbons (Fsp3) is 0.250. The number of carbonyl (C=O) groups excluding carboxylic acids is 2. The third-order valence-electron chi connectivity index (χ3n) is 2.33. The highest BCUT2D eigenvalue weighted by atomic mass is 35.5. The van der Waals surface area contributed by atoms with E-state index in [0.29, 0.717) is 17.0 Å². The van der Waals surface area contributed by atoms with Crippen LogP contribution >= 0.6 is 23.8 Å². The average molecular weight is 300 g/mol. The number of hydrogen-bond donors (Lipinski definition) is 2. The number of halogens is 1. The second-order valence-corrected chi connectivity index (χ2v) is 4.56. The van der Waals surface area contributed by atoms with E-state index in [1.165, 1.54) is 12.1 Å². The number of carboxylic acid groups (broad SMARTS) is 1. The standard InChI is InChI=1S/C12H13ClN2O3S/c1-2-9(11(17)18)14-12(19)15-10(16)7-3-5-8(13)6-4-7/h3-6,9H,2H2,1H3,(H,17,18)(H2,14,15,16,19)/p-1/t9-/m0/s1. The number of carbonyl (C=O) groups is 2. The zero-order valence-electron chi connectivity index (χ0n) is 10.1. The quantitative estimate of drug-likeness (QED) is 0.790. The molecule has 0 radical (unpaired) electrons. The molecule has 1 aromatic carbocycles. The molecule has 2 N–H and O–H groups in total. The van der Waals surface area contributed by atoms with Gasteiger partial charge in [-0.05, 0) is 42.9 Å². The number of amides is 1. The summed E-state index contributed by atoms with van der Waals surface area (Å²) in [5.41, 5.74) is 0.370. The van der Waals surface area contributed by atoms with Crippen molar-refractivity contribution in [3.8, 4) is 0 Å². The molecule has 0 spiro atoms. The van der Waals surface area contributed by atoms with E-state index < -0.39 is 17.9 Å². The maximum absolute atomic E-state index is 11.8. The van der Waals surface area contributed by atoms with Crippen LogP contribution in [0, 0.1) is 0 Å². The van der Waals surface area contributed by atoms with Crippen molar-refractivity contribution in [3.63, 3.8) is 0 Å². The third kappa shape index (κ3) is 4.84. The van der Waals surface area contributed by atoms with Crippen LogP contribution in [0.15, 0.2) is 24.3 Å². The first kappa shape index (κ1) is 15.4. The van der Waals surface area contributed by atoms with Crippen molar-refractivity contribution in [1.82, 2.24) is 10.6 Å². The number of thiocarbonyl (C=S) groups is 1. The maximum atomic E-state index is 11.8. The number of nitrogens with one attached hydrogen (secondary N) is 2. The summed E-state index contributed by atoms with van der Waals surface area (Å²) in [6.45, 7) is 1.66. The van der Waals surface area contributed by atoms with Crippen molar-refractivity contribution in [2.45, 2.75) is 19.4 Å². The summed E-state index contributed by atoms with van der Waals surface area (Å²) in [5, 5.41) is 16.0. The summed E-state index contributed by atoms with van der Waals surface area (Å²) >= 11 is 10.6. The van der Waals surface area contributed by atoms with Crippen LogP contribution in [-0.4, -0.2) is 23.0 Å². The van der Waals surface area contributed by atoms with Gasteiger partial charge in [-0.3, -0.25) is 10.1 Å². The normalized spacial score (nSPS) is 11.5. The van der Waals surface area contributed by atoms with Gasteiger partial charge in [-0.1, -0.05) is 18.5 Å². The van der Waals surface area contributed by atoms with Gasteiger partial charge in [-0.15, -0.1) is 0 Å². The number of carboxylic acids is 1. The molecule has 102 valence electrons. The molecule has 1 rings (SSSR count). The molecule has 7 heteroatoms. The van der Waals surface area contributed by atoms with Crippen LogP contribution in [0.3, 0.4) is 0 Å². The monoisotopic (exact) mass is 299 g/mol. The summed E-state index contributed by atoms with van der Waals surface area (Å²) < 4.78 is 0. The van der Waals surface area contributed by atoms with Crippen LogP contribution in [0.5, 0.6) is 0 Å². The van der Waals surface area contributed by atoms with Crippen LogP contribution in [0.4, 0.5) is 0 Å². The molecule has 0 heterocycles. The smallest absolute Gasteiger partial charge is 0.257 e. The zero-order chi connectivity index (χ0) is 14.4. The molecule has 0 aromatic heterocycles. The predicted octanol–water partition coefficient (Wildman–Crippen LogP) is 0.473. The van der Waals surface area contributed by atoms with Gasteiger partial charge < -0.3 is 15.2 Å². The van der Waals surface area contributed by atoms with E-state index in [0.717, 1.165) is 0 Å². The van der Waals surface area contributed by atoms with E-state index in [1.54, 1.807) is 19.1 Å². The Morgan fingerprint density at radius 2 is 1.95 bits per heavy atom. The molecule has 0 bridgehead atoms. The van der Waals surface area contributed by atoms with Crippen molar-refractivity contribution in [2.24, 2.45) is 0 Å². The molecule has 0 saturated carbocycles. The van der Waals surface area contributed by atoms with Gasteiger partial charge in [0, 0.05) is 10.6 Å². The van der Waals surface area contributed by atoms with Gasteiger partial charge in [0.2, 0.25) is 0 Å². The Morgan fingerprint density at radius 3 is 2.42 bits per heavy atom. The van der Waals surface area contributed by atoms with Crippen molar-refractivity contribution in [2.75, 3.05) is 0 Å². The summed E-state index contributed by atoms with van der Waals surface area (Å²) in [6, 6.07) is 5.29. The first-order valence-corrected chi connectivity index (χ1v) is 6.31. The van der Waals surface area contributed by atoms with Gasteiger partial charge >= 0.3 is 0 Å². The maximum Gasteiger partial charge on any atom is 0.257 e. The van der Waals surface area contributed by atoms with Gasteiger partial charge in [0.05, 0.1) is 12.0 Å². The molecule has 0 saturated heterocycles. The Hall–Kier alpha value is -1.66. The lowest BCUT2D eigenvalue weighted by molar-refractivity contribution is -0.308. The van der Waals surface area contributed by atoms with Crippen molar-refractivity contribution in [1.29, 1.82) is 0 Å². The van der Waals surface area contributed by atoms with Gasteiger partial charge in [0.15, 0.2) is 5.11 Å². The van der Waals surface area contributed by atoms with Crippen LogP contribution < -0.4 is 15.7 Å². The van der Waals surface area contributed by atoms with Crippen LogP contribution in [0.2, 0.25) is 5.02 Å². The molecular weight excluding hydrogens is 288 g/mol. The minimum absolute atomic E-state index is 0.0593. The number of hydrogen-bond acceptors (Lipinski definition) is 4. The molecule has 19 heavy (non-hydrogen) atoms. The van der Waals surface area contributed by atoms with Crippen LogP contribution in [0.25, 0.3) is 0 Å². The average Bonchev–Trinajstić information content (AvgIpc) is 2.36. The second kappa shape index (κ2) is 7.06. The largest absolute Gasteiger partial charge is 0.548 e. The second-order valence-electron chi connectivity index (χ2n) is 3.71. The lowest BCUT2D eigenvalue weighted by atomic mass is 10.2. The van der Waals surface area contributed by atoms with E-state index in [2.05, 4.69) is 10.6 Å². The molecule has 5 nitrogen and oxygen atoms in total. The lowest BCUT2D eigenvalue weighted by Gasteiger charge is -2.19. The first-order valence-electron chi connectivity index (χ1n) is 5.52. The van der Waals surface area contributed by atoms with E-state index in [-0.39, 0.29) is 5.11 Å². The highest BCUT2D eigenvalue weighted by Gasteiger charge is 2.12. The topological polar surface area (TPSA) is 81.3 Å². The molecule has 1 aromatic rings. The molecule has 1 amide bonds. The van der Waals surface area contributed by atoms with Crippen LogP contribution in [-0.2, 0) is 4.79 Å². The molecule has 0 aliphatic rings. The lowest BCUT2D eigenvalue weighted by Crippen LogP contribution is -2.51. The fourth-order valence-corrected chi connectivity index (χ4v) is 1.66. The number of benzene rings is 1. The molecule has 0 aliphatic carbocycles. The van der Waals surface area contributed by atoms with Crippen LogP contribution in [0.1, 0.15) is 23.7 Å². The fourth-order valence-electron chi connectivity index (χ4n) is 1.30. The Balaban J connectivity index is 2.59. The zero-order valence-corrected chi connectivity index (χ0v) is 11.7. The summed E-state index contributed by atoms with van der Waals surface area (Å²) in [6.07, 6.45) is 0.291. The third-order valence-corrected chi connectivity index (χ3v) is 2.80. The minimum Gasteiger partial charge on any atom is -0.548 e. The van der Waals surface area contributed by atoms with Crippen molar-refractivity contribution < 1.29 is 14.7 Å². The predicted molar refractivity (Wildman–Crippen MR) is 73.7 cm³/mol. The van der Waals surface area contributed by atoms with Crippen molar-refractivity contribution >= 4 is 40.8 Å². The Labute approximate surface area is 121 Å². The van der Waals surface area contributed by atoms with E-state index in [9.17, 15) is 14.7 Å². The molecule has 0 aliphatic heterocycles. The van der Waals surface area contributed by atoms with Gasteiger partial charge in [0.1, 0.15) is 0 Å². The minimum atomic E-state index is -1.27. The highest BCUT2D eigenvalue weighted by Crippen LogP contribution is 2.09. The van der Waals surface area contributed by atoms with Gasteiger partial charge in [0.25, 0.3) is 5.91 Å². The first-order chi connectivity index (χ1) is 8.93. The summed E-state index contributed by atoms with van der Waals surface area (Å²) in [5.74, 6) is -1.71. The Bertz CT molecular complexity index is 490. The molecule has 0 fully saturated rings. The molecular formula is C12H12ClN2O3S-. The summed E-state index contributed by atoms with van der Waals surface area (Å²) in [4.78, 5) is 22.5.